The third-order valence-electron chi connectivity index (χ3n) is 2.86. The van der Waals surface area contributed by atoms with Crippen LogP contribution in [0.3, 0.4) is 0 Å². The smallest absolute Gasteiger partial charge is 0.253 e. The van der Waals surface area contributed by atoms with Gasteiger partial charge in [-0.2, -0.15) is 0 Å². The summed E-state index contributed by atoms with van der Waals surface area (Å²) in [6.07, 6.45) is 0. The number of ether oxygens (including phenoxy) is 1. The minimum atomic E-state index is -0.337. The lowest BCUT2D eigenvalue weighted by Crippen LogP contribution is -2.30. The summed E-state index contributed by atoms with van der Waals surface area (Å²) in [5, 5.41) is 0. The molecule has 2 aromatic carbocycles. The summed E-state index contributed by atoms with van der Waals surface area (Å²) in [6.45, 7) is 0.753. The Balaban J connectivity index is 1.83. The topological polar surface area (TPSA) is 29.5 Å². The van der Waals surface area contributed by atoms with Gasteiger partial charge in [0.1, 0.15) is 18.2 Å². The van der Waals surface area contributed by atoms with Crippen LogP contribution in [-0.2, 0) is 0 Å². The Labute approximate surface area is 117 Å². The SMILES string of the molecule is CN(CCOc1cccc(F)c1)C(=O)c1ccccc1. The monoisotopic (exact) mass is 273 g/mol. The number of carbonyl (C=O) groups is 1. The summed E-state index contributed by atoms with van der Waals surface area (Å²) >= 11 is 0. The van der Waals surface area contributed by atoms with Crippen molar-refractivity contribution in [2.45, 2.75) is 0 Å². The van der Waals surface area contributed by atoms with E-state index in [0.717, 1.165) is 0 Å². The second kappa shape index (κ2) is 6.70. The van der Waals surface area contributed by atoms with Gasteiger partial charge in [-0.1, -0.05) is 24.3 Å². The third-order valence-corrected chi connectivity index (χ3v) is 2.86. The predicted octanol–water partition coefficient (Wildman–Crippen LogP) is 2.98. The molecule has 0 unspecified atom stereocenters. The lowest BCUT2D eigenvalue weighted by Gasteiger charge is -2.17. The maximum Gasteiger partial charge on any atom is 0.253 e. The molecule has 0 spiro atoms. The number of hydrogen-bond acceptors (Lipinski definition) is 2. The molecule has 0 heterocycles. The van der Waals surface area contributed by atoms with E-state index in [9.17, 15) is 9.18 Å². The van der Waals surface area contributed by atoms with Gasteiger partial charge in [0.25, 0.3) is 5.91 Å². The molecule has 0 fully saturated rings. The van der Waals surface area contributed by atoms with Crippen LogP contribution in [0, 0.1) is 5.82 Å². The van der Waals surface area contributed by atoms with Crippen LogP contribution in [0.5, 0.6) is 5.75 Å². The second-order valence-corrected chi connectivity index (χ2v) is 4.40. The first-order valence-corrected chi connectivity index (χ1v) is 6.36. The van der Waals surface area contributed by atoms with E-state index in [1.54, 1.807) is 36.2 Å². The van der Waals surface area contributed by atoms with Gasteiger partial charge in [0, 0.05) is 18.7 Å². The van der Waals surface area contributed by atoms with Crippen LogP contribution >= 0.6 is 0 Å². The Morgan fingerprint density at radius 1 is 1.15 bits per heavy atom. The molecule has 0 radical (unpaired) electrons. The summed E-state index contributed by atoms with van der Waals surface area (Å²) in [6, 6.07) is 15.0. The van der Waals surface area contributed by atoms with Crippen LogP contribution in [-0.4, -0.2) is 31.0 Å². The van der Waals surface area contributed by atoms with Crippen LogP contribution in [0.4, 0.5) is 4.39 Å². The molecule has 104 valence electrons. The molecule has 0 bridgehead atoms. The van der Waals surface area contributed by atoms with Crippen LogP contribution < -0.4 is 4.74 Å². The summed E-state index contributed by atoms with van der Waals surface area (Å²) in [4.78, 5) is 13.6. The average Bonchev–Trinajstić information content (AvgIpc) is 2.47. The fourth-order valence-electron chi connectivity index (χ4n) is 1.76. The highest BCUT2D eigenvalue weighted by molar-refractivity contribution is 5.93. The van der Waals surface area contributed by atoms with Gasteiger partial charge >= 0.3 is 0 Å². The van der Waals surface area contributed by atoms with Crippen molar-refractivity contribution in [1.82, 2.24) is 4.90 Å². The van der Waals surface area contributed by atoms with E-state index in [1.807, 2.05) is 18.2 Å². The minimum Gasteiger partial charge on any atom is -0.492 e. The van der Waals surface area contributed by atoms with E-state index >= 15 is 0 Å². The van der Waals surface area contributed by atoms with Gasteiger partial charge in [-0.15, -0.1) is 0 Å². The first-order valence-electron chi connectivity index (χ1n) is 6.36. The second-order valence-electron chi connectivity index (χ2n) is 4.40. The molecule has 0 saturated heterocycles. The lowest BCUT2D eigenvalue weighted by molar-refractivity contribution is 0.0773. The average molecular weight is 273 g/mol. The molecule has 4 heteroatoms. The molecule has 0 atom stereocenters. The summed E-state index contributed by atoms with van der Waals surface area (Å²) in [5.74, 6) is 0.0650. The zero-order valence-corrected chi connectivity index (χ0v) is 11.3. The molecular formula is C16H16FNO2. The highest BCUT2D eigenvalue weighted by atomic mass is 19.1. The number of amides is 1. The van der Waals surface area contributed by atoms with E-state index < -0.39 is 0 Å². The molecular weight excluding hydrogens is 257 g/mol. The van der Waals surface area contributed by atoms with Gasteiger partial charge < -0.3 is 9.64 Å². The summed E-state index contributed by atoms with van der Waals surface area (Å²) in [5.41, 5.74) is 0.640. The van der Waals surface area contributed by atoms with E-state index in [2.05, 4.69) is 0 Å². The first-order chi connectivity index (χ1) is 9.66. The van der Waals surface area contributed by atoms with Gasteiger partial charge in [0.05, 0.1) is 6.54 Å². The van der Waals surface area contributed by atoms with Crippen molar-refractivity contribution in [1.29, 1.82) is 0 Å². The van der Waals surface area contributed by atoms with Gasteiger partial charge in [-0.3, -0.25) is 4.79 Å². The highest BCUT2D eigenvalue weighted by Gasteiger charge is 2.10. The molecule has 1 amide bonds. The Morgan fingerprint density at radius 3 is 2.60 bits per heavy atom. The van der Waals surface area contributed by atoms with E-state index in [0.29, 0.717) is 24.5 Å². The largest absolute Gasteiger partial charge is 0.492 e. The van der Waals surface area contributed by atoms with Crippen molar-refractivity contribution in [2.24, 2.45) is 0 Å². The van der Waals surface area contributed by atoms with E-state index in [-0.39, 0.29) is 11.7 Å². The maximum atomic E-state index is 13.0. The highest BCUT2D eigenvalue weighted by Crippen LogP contribution is 2.11. The number of nitrogens with zero attached hydrogens (tertiary/aromatic N) is 1. The van der Waals surface area contributed by atoms with Crippen LogP contribution in [0.2, 0.25) is 0 Å². The quantitative estimate of drug-likeness (QED) is 0.838. The van der Waals surface area contributed by atoms with Crippen molar-refractivity contribution < 1.29 is 13.9 Å². The Morgan fingerprint density at radius 2 is 1.90 bits per heavy atom. The summed E-state index contributed by atoms with van der Waals surface area (Å²) in [7, 11) is 1.71. The first kappa shape index (κ1) is 14.1. The predicted molar refractivity (Wildman–Crippen MR) is 75.3 cm³/mol. The Bertz CT molecular complexity index is 572. The number of benzene rings is 2. The van der Waals surface area contributed by atoms with Crippen LogP contribution in [0.15, 0.2) is 54.6 Å². The molecule has 2 rings (SSSR count). The maximum absolute atomic E-state index is 13.0. The van der Waals surface area contributed by atoms with Gasteiger partial charge in [0.15, 0.2) is 0 Å². The van der Waals surface area contributed by atoms with Gasteiger partial charge in [-0.05, 0) is 24.3 Å². The van der Waals surface area contributed by atoms with Gasteiger partial charge in [0.2, 0.25) is 0 Å². The van der Waals surface area contributed by atoms with Crippen LogP contribution in [0.25, 0.3) is 0 Å². The minimum absolute atomic E-state index is 0.0616. The number of rotatable bonds is 5. The van der Waals surface area contributed by atoms with Crippen molar-refractivity contribution >= 4 is 5.91 Å². The van der Waals surface area contributed by atoms with Crippen molar-refractivity contribution in [3.8, 4) is 5.75 Å². The van der Waals surface area contributed by atoms with Crippen molar-refractivity contribution in [3.05, 3.63) is 66.0 Å². The van der Waals surface area contributed by atoms with E-state index in [1.165, 1.54) is 12.1 Å². The Hall–Kier alpha value is -2.36. The Kier molecular flexibility index (Phi) is 4.71. The van der Waals surface area contributed by atoms with Crippen LogP contribution in [0.1, 0.15) is 10.4 Å². The standard InChI is InChI=1S/C16H16FNO2/c1-18(16(19)13-6-3-2-4-7-13)10-11-20-15-9-5-8-14(17)12-15/h2-9,12H,10-11H2,1H3. The van der Waals surface area contributed by atoms with E-state index in [4.69, 9.17) is 4.74 Å². The zero-order valence-electron chi connectivity index (χ0n) is 11.3. The molecule has 0 aliphatic heterocycles. The fraction of sp³-hybridized carbons (Fsp3) is 0.188. The number of hydrogen-bond donors (Lipinski definition) is 0. The number of carbonyl (C=O) groups excluding carboxylic acids is 1. The molecule has 20 heavy (non-hydrogen) atoms. The molecule has 0 aliphatic carbocycles. The summed E-state index contributed by atoms with van der Waals surface area (Å²) < 4.78 is 18.4. The molecule has 0 saturated carbocycles. The normalized spacial score (nSPS) is 10.1. The molecule has 0 aromatic heterocycles. The fourth-order valence-corrected chi connectivity index (χ4v) is 1.76. The third kappa shape index (κ3) is 3.82. The van der Waals surface area contributed by atoms with Crippen molar-refractivity contribution in [2.75, 3.05) is 20.2 Å². The van der Waals surface area contributed by atoms with Crippen molar-refractivity contribution in [3.63, 3.8) is 0 Å². The number of halogens is 1. The molecule has 0 N–H and O–H groups in total. The lowest BCUT2D eigenvalue weighted by atomic mass is 10.2. The molecule has 3 nitrogen and oxygen atoms in total. The molecule has 2 aromatic rings. The molecule has 0 aliphatic rings. The van der Waals surface area contributed by atoms with Gasteiger partial charge in [-0.25, -0.2) is 4.39 Å². The number of likely N-dealkylation sites (N-methyl/N-ethyl adjacent to an activating group) is 1. The zero-order chi connectivity index (χ0) is 14.4.